The first-order chi connectivity index (χ1) is 8.97. The van der Waals surface area contributed by atoms with Crippen LogP contribution in [0.2, 0.25) is 0 Å². The predicted molar refractivity (Wildman–Crippen MR) is 78.9 cm³/mol. The molecule has 2 heterocycles. The Morgan fingerprint density at radius 3 is 2.63 bits per heavy atom. The molecule has 19 heavy (non-hydrogen) atoms. The molecule has 0 amide bonds. The highest BCUT2D eigenvalue weighted by Crippen LogP contribution is 2.21. The van der Waals surface area contributed by atoms with Crippen molar-refractivity contribution in [2.45, 2.75) is 25.8 Å². The number of nitrogens with two attached hydrogens (primary N) is 1. The summed E-state index contributed by atoms with van der Waals surface area (Å²) in [5, 5.41) is 7.57. The Labute approximate surface area is 114 Å². The van der Waals surface area contributed by atoms with Crippen LogP contribution in [0.4, 0.5) is 5.82 Å². The van der Waals surface area contributed by atoms with Crippen molar-refractivity contribution < 1.29 is 0 Å². The van der Waals surface area contributed by atoms with Gasteiger partial charge >= 0.3 is 0 Å². The molecule has 0 atom stereocenters. The van der Waals surface area contributed by atoms with Gasteiger partial charge in [0.15, 0.2) is 0 Å². The van der Waals surface area contributed by atoms with Crippen molar-refractivity contribution in [3.05, 3.63) is 23.4 Å². The molecule has 0 saturated carbocycles. The van der Waals surface area contributed by atoms with Gasteiger partial charge in [0.2, 0.25) is 0 Å². The van der Waals surface area contributed by atoms with E-state index >= 15 is 0 Å². The minimum atomic E-state index is 0.100. The van der Waals surface area contributed by atoms with Crippen LogP contribution >= 0.6 is 0 Å². The smallest absolute Gasteiger partial charge is 0.129 e. The van der Waals surface area contributed by atoms with Crippen molar-refractivity contribution in [2.24, 2.45) is 5.73 Å². The number of aromatic nitrogens is 1. The van der Waals surface area contributed by atoms with Gasteiger partial charge in [-0.15, -0.1) is 0 Å². The molecule has 0 bridgehead atoms. The van der Waals surface area contributed by atoms with Gasteiger partial charge in [-0.1, -0.05) is 0 Å². The summed E-state index contributed by atoms with van der Waals surface area (Å²) < 4.78 is 0. The van der Waals surface area contributed by atoms with E-state index in [2.05, 4.69) is 28.9 Å². The second-order valence-electron chi connectivity index (χ2n) is 5.41. The van der Waals surface area contributed by atoms with Gasteiger partial charge in [0.25, 0.3) is 0 Å². The zero-order valence-electron chi connectivity index (χ0n) is 12.0. The monoisotopic (exact) mass is 261 g/mol. The lowest BCUT2D eigenvalue weighted by molar-refractivity contribution is 0.252. The molecule has 1 aliphatic rings. The third kappa shape index (κ3) is 3.23. The fraction of sp³-hybridized carbons (Fsp3) is 0.571. The molecular formula is C14H23N5. The van der Waals surface area contributed by atoms with E-state index in [0.717, 1.165) is 43.0 Å². The maximum atomic E-state index is 7.57. The van der Waals surface area contributed by atoms with Crippen molar-refractivity contribution in [3.8, 4) is 0 Å². The number of amidine groups is 1. The number of piperidine rings is 1. The normalized spacial score (nSPS) is 17.4. The van der Waals surface area contributed by atoms with Crippen molar-refractivity contribution in [2.75, 3.05) is 32.1 Å². The molecule has 0 aromatic carbocycles. The largest absolute Gasteiger partial charge is 0.384 e. The van der Waals surface area contributed by atoms with Crippen LogP contribution in [-0.2, 0) is 0 Å². The Morgan fingerprint density at radius 1 is 1.42 bits per heavy atom. The minimum Gasteiger partial charge on any atom is -0.384 e. The summed E-state index contributed by atoms with van der Waals surface area (Å²) in [6, 6.07) is 4.28. The first kappa shape index (κ1) is 13.8. The van der Waals surface area contributed by atoms with Gasteiger partial charge in [-0.25, -0.2) is 4.98 Å². The van der Waals surface area contributed by atoms with Gasteiger partial charge in [0.05, 0.1) is 0 Å². The van der Waals surface area contributed by atoms with Gasteiger partial charge in [0.1, 0.15) is 11.7 Å². The summed E-state index contributed by atoms with van der Waals surface area (Å²) >= 11 is 0. The number of hydrogen-bond donors (Lipinski definition) is 2. The third-order valence-electron chi connectivity index (χ3n) is 3.85. The fourth-order valence-electron chi connectivity index (χ4n) is 2.56. The Balaban J connectivity index is 2.18. The van der Waals surface area contributed by atoms with Gasteiger partial charge in [0, 0.05) is 24.3 Å². The van der Waals surface area contributed by atoms with E-state index in [4.69, 9.17) is 11.1 Å². The van der Waals surface area contributed by atoms with E-state index in [1.807, 2.05) is 19.1 Å². The van der Waals surface area contributed by atoms with E-state index in [-0.39, 0.29) is 5.84 Å². The quantitative estimate of drug-likeness (QED) is 0.634. The highest BCUT2D eigenvalue weighted by molar-refractivity contribution is 5.95. The Bertz CT molecular complexity index is 463. The van der Waals surface area contributed by atoms with E-state index in [1.165, 1.54) is 0 Å². The average molecular weight is 261 g/mol. The summed E-state index contributed by atoms with van der Waals surface area (Å²) in [6.45, 7) is 4.19. The molecule has 1 fully saturated rings. The van der Waals surface area contributed by atoms with Crippen LogP contribution in [0.5, 0.6) is 0 Å². The molecule has 0 spiro atoms. The van der Waals surface area contributed by atoms with Crippen LogP contribution in [0, 0.1) is 12.3 Å². The molecule has 5 nitrogen and oxygen atoms in total. The Morgan fingerprint density at radius 2 is 2.05 bits per heavy atom. The van der Waals surface area contributed by atoms with Crippen LogP contribution < -0.4 is 10.6 Å². The Kier molecular flexibility index (Phi) is 4.04. The molecule has 0 unspecified atom stereocenters. The van der Waals surface area contributed by atoms with E-state index in [0.29, 0.717) is 6.04 Å². The van der Waals surface area contributed by atoms with Crippen molar-refractivity contribution >= 4 is 11.7 Å². The first-order valence-corrected chi connectivity index (χ1v) is 6.72. The number of anilines is 1. The summed E-state index contributed by atoms with van der Waals surface area (Å²) in [5.41, 5.74) is 7.24. The molecule has 0 radical (unpaired) electrons. The minimum absolute atomic E-state index is 0.100. The van der Waals surface area contributed by atoms with Crippen molar-refractivity contribution in [3.63, 3.8) is 0 Å². The topological polar surface area (TPSA) is 69.2 Å². The molecule has 1 aromatic rings. The zero-order valence-corrected chi connectivity index (χ0v) is 12.0. The van der Waals surface area contributed by atoms with Crippen molar-refractivity contribution in [1.29, 1.82) is 5.41 Å². The number of hydrogen-bond acceptors (Lipinski definition) is 4. The van der Waals surface area contributed by atoms with Crippen LogP contribution in [0.3, 0.4) is 0 Å². The maximum Gasteiger partial charge on any atom is 0.129 e. The van der Waals surface area contributed by atoms with Gasteiger partial charge in [-0.2, -0.15) is 0 Å². The average Bonchev–Trinajstić information content (AvgIpc) is 2.38. The second kappa shape index (κ2) is 5.57. The molecular weight excluding hydrogens is 238 g/mol. The molecule has 2 rings (SSSR count). The maximum absolute atomic E-state index is 7.57. The lowest BCUT2D eigenvalue weighted by Crippen LogP contribution is -2.42. The van der Waals surface area contributed by atoms with Crippen LogP contribution in [0.25, 0.3) is 0 Å². The molecule has 5 heteroatoms. The Hall–Kier alpha value is -1.62. The summed E-state index contributed by atoms with van der Waals surface area (Å²) in [5.74, 6) is 1.02. The molecule has 104 valence electrons. The van der Waals surface area contributed by atoms with Crippen molar-refractivity contribution in [1.82, 2.24) is 9.88 Å². The van der Waals surface area contributed by atoms with Gasteiger partial charge < -0.3 is 15.5 Å². The number of aryl methyl sites for hydroxylation is 1. The zero-order chi connectivity index (χ0) is 14.0. The highest BCUT2D eigenvalue weighted by Gasteiger charge is 2.21. The summed E-state index contributed by atoms with van der Waals surface area (Å²) in [7, 11) is 4.25. The highest BCUT2D eigenvalue weighted by atomic mass is 15.2. The van der Waals surface area contributed by atoms with E-state index < -0.39 is 0 Å². The number of nitrogen functional groups attached to an aromatic ring is 1. The molecule has 1 aromatic heterocycles. The number of likely N-dealkylation sites (tertiary alicyclic amines) is 1. The lowest BCUT2D eigenvalue weighted by Gasteiger charge is -2.36. The predicted octanol–water partition coefficient (Wildman–Crippen LogP) is 1.20. The molecule has 1 aliphatic heterocycles. The summed E-state index contributed by atoms with van der Waals surface area (Å²) in [6.07, 6.45) is 2.30. The standard InChI is InChI=1S/C14H23N5/c1-10-8-11(14(15)16)9-13(17-10)19(3)12-4-6-18(2)7-5-12/h8-9,12H,4-7H2,1-3H3,(H3,15,16). The molecule has 3 N–H and O–H groups in total. The van der Waals surface area contributed by atoms with Gasteiger partial charge in [-0.3, -0.25) is 5.41 Å². The fourth-order valence-corrected chi connectivity index (χ4v) is 2.56. The van der Waals surface area contributed by atoms with Crippen LogP contribution in [0.1, 0.15) is 24.1 Å². The number of nitrogens with zero attached hydrogens (tertiary/aromatic N) is 3. The first-order valence-electron chi connectivity index (χ1n) is 6.72. The lowest BCUT2D eigenvalue weighted by atomic mass is 10.0. The third-order valence-corrected chi connectivity index (χ3v) is 3.85. The number of nitrogens with one attached hydrogen (secondary N) is 1. The van der Waals surface area contributed by atoms with E-state index in [9.17, 15) is 0 Å². The van der Waals surface area contributed by atoms with Gasteiger partial charge in [-0.05, 0) is 52.0 Å². The van der Waals surface area contributed by atoms with Crippen LogP contribution in [0.15, 0.2) is 12.1 Å². The SMILES string of the molecule is Cc1cc(C(=N)N)cc(N(C)C2CCN(C)CC2)n1. The summed E-state index contributed by atoms with van der Waals surface area (Å²) in [4.78, 5) is 9.16. The molecule has 1 saturated heterocycles. The second-order valence-corrected chi connectivity index (χ2v) is 5.41. The number of pyridine rings is 1. The molecule has 0 aliphatic carbocycles. The number of rotatable bonds is 3. The van der Waals surface area contributed by atoms with Crippen LogP contribution in [-0.4, -0.2) is 48.9 Å². The van der Waals surface area contributed by atoms with E-state index in [1.54, 1.807) is 0 Å².